The van der Waals surface area contributed by atoms with Crippen LogP contribution in [0.1, 0.15) is 71.6 Å². The molecule has 0 aliphatic rings. The first kappa shape index (κ1) is 20.9. The van der Waals surface area contributed by atoms with E-state index in [0.717, 1.165) is 25.7 Å². The van der Waals surface area contributed by atoms with Crippen molar-refractivity contribution in [3.8, 4) is 0 Å². The van der Waals surface area contributed by atoms with Crippen LogP contribution in [0.3, 0.4) is 0 Å². The van der Waals surface area contributed by atoms with Crippen LogP contribution >= 0.6 is 0 Å². The summed E-state index contributed by atoms with van der Waals surface area (Å²) in [7, 11) is -4.07. The van der Waals surface area contributed by atoms with E-state index in [-0.39, 0.29) is 51.4 Å². The molecular weight excluding hydrogens is 263 g/mol. The van der Waals surface area contributed by atoms with E-state index in [1.165, 1.54) is 19.3 Å². The van der Waals surface area contributed by atoms with Crippen molar-refractivity contribution in [2.75, 3.05) is 0 Å². The Balaban J connectivity index is 0. The molecule has 0 aliphatic heterocycles. The number of hydrogen-bond acceptors (Lipinski definition) is 3. The molecule has 0 aliphatic carbocycles. The average molecular weight is 288 g/mol. The maximum absolute atomic E-state index is 10.9. The van der Waals surface area contributed by atoms with Crippen LogP contribution in [0.5, 0.6) is 0 Å². The third-order valence-electron chi connectivity index (χ3n) is 2.90. The van der Waals surface area contributed by atoms with E-state index in [9.17, 15) is 13.0 Å². The Morgan fingerprint density at radius 1 is 0.882 bits per heavy atom. The van der Waals surface area contributed by atoms with E-state index in [1.54, 1.807) is 0 Å². The minimum atomic E-state index is -4.07. The molecule has 5 heteroatoms. The number of unbranched alkanes of at least 4 members (excludes halogenated alkanes) is 5. The summed E-state index contributed by atoms with van der Waals surface area (Å²) in [5.74, 6) is 0. The van der Waals surface area contributed by atoms with Gasteiger partial charge in [0, 0.05) is 5.25 Å². The second kappa shape index (κ2) is 12.6. The van der Waals surface area contributed by atoms with Crippen molar-refractivity contribution in [2.45, 2.75) is 76.9 Å². The minimum absolute atomic E-state index is 0. The van der Waals surface area contributed by atoms with Crippen LogP contribution in [0, 0.1) is 0 Å². The van der Waals surface area contributed by atoms with Gasteiger partial charge in [0.1, 0.15) is 0 Å². The molecule has 0 saturated carbocycles. The summed E-state index contributed by atoms with van der Waals surface area (Å²) in [6, 6.07) is 0. The van der Waals surface area contributed by atoms with Crippen molar-refractivity contribution in [3.63, 3.8) is 0 Å². The van der Waals surface area contributed by atoms with E-state index in [1.807, 2.05) is 6.92 Å². The fourth-order valence-corrected chi connectivity index (χ4v) is 2.89. The normalized spacial score (nSPS) is 13.1. The van der Waals surface area contributed by atoms with Crippen molar-refractivity contribution >= 4 is 10.1 Å². The summed E-state index contributed by atoms with van der Waals surface area (Å²) in [5, 5.41) is -0.649. The van der Waals surface area contributed by atoms with Crippen molar-refractivity contribution in [3.05, 3.63) is 0 Å². The first-order valence-electron chi connectivity index (χ1n) is 6.47. The van der Waals surface area contributed by atoms with Crippen LogP contribution in [0.15, 0.2) is 0 Å². The van der Waals surface area contributed by atoms with Crippen molar-refractivity contribution in [2.24, 2.45) is 0 Å². The summed E-state index contributed by atoms with van der Waals surface area (Å²) in [6.45, 7) is 4.08. The Hall–Kier alpha value is 1.55. The standard InChI is InChI=1S/C12H26O3S.K/c1-3-5-6-7-8-9-11-12(10-4-2)16(13,14)15;/h12H,3-11H2,1-2H3,(H,13,14,15);/q;+1/p-1. The molecule has 0 N–H and O–H groups in total. The van der Waals surface area contributed by atoms with Gasteiger partial charge >= 0.3 is 51.4 Å². The summed E-state index contributed by atoms with van der Waals surface area (Å²) in [5.41, 5.74) is 0. The van der Waals surface area contributed by atoms with E-state index in [0.29, 0.717) is 12.8 Å². The largest absolute Gasteiger partial charge is 1.00 e. The fourth-order valence-electron chi connectivity index (χ4n) is 1.91. The van der Waals surface area contributed by atoms with E-state index in [2.05, 4.69) is 6.92 Å². The number of hydrogen-bond donors (Lipinski definition) is 0. The van der Waals surface area contributed by atoms with Crippen LogP contribution < -0.4 is 51.4 Å². The Morgan fingerprint density at radius 3 is 1.88 bits per heavy atom. The van der Waals surface area contributed by atoms with Crippen molar-refractivity contribution < 1.29 is 64.4 Å². The first-order valence-corrected chi connectivity index (χ1v) is 7.94. The maximum Gasteiger partial charge on any atom is 1.00 e. The monoisotopic (exact) mass is 288 g/mol. The second-order valence-electron chi connectivity index (χ2n) is 4.46. The predicted molar refractivity (Wildman–Crippen MR) is 66.4 cm³/mol. The van der Waals surface area contributed by atoms with Crippen LogP contribution in [0.25, 0.3) is 0 Å². The molecule has 0 spiro atoms. The molecule has 98 valence electrons. The van der Waals surface area contributed by atoms with Gasteiger partial charge in [-0.25, -0.2) is 8.42 Å². The summed E-state index contributed by atoms with van der Waals surface area (Å²) in [6.07, 6.45) is 8.59. The molecule has 0 heterocycles. The average Bonchev–Trinajstić information content (AvgIpc) is 2.20. The van der Waals surface area contributed by atoms with Gasteiger partial charge in [0.05, 0.1) is 10.1 Å². The van der Waals surface area contributed by atoms with Gasteiger partial charge in [0.2, 0.25) is 0 Å². The molecule has 0 radical (unpaired) electrons. The van der Waals surface area contributed by atoms with Gasteiger partial charge in [0.25, 0.3) is 0 Å². The predicted octanol–water partition coefficient (Wildman–Crippen LogP) is 0.455. The van der Waals surface area contributed by atoms with Crippen molar-refractivity contribution in [1.29, 1.82) is 0 Å². The maximum atomic E-state index is 10.9. The fraction of sp³-hybridized carbons (Fsp3) is 1.00. The molecule has 0 aromatic heterocycles. The third-order valence-corrected chi connectivity index (χ3v) is 4.19. The molecule has 0 aromatic carbocycles. The Labute approximate surface area is 149 Å². The zero-order chi connectivity index (χ0) is 12.4. The Morgan fingerprint density at radius 2 is 1.41 bits per heavy atom. The molecule has 1 atom stereocenters. The Kier molecular flexibility index (Phi) is 15.4. The van der Waals surface area contributed by atoms with Gasteiger partial charge in [-0.3, -0.25) is 0 Å². The molecule has 0 bridgehead atoms. The smallest absolute Gasteiger partial charge is 0.748 e. The zero-order valence-electron chi connectivity index (χ0n) is 11.6. The second-order valence-corrected chi connectivity index (χ2v) is 6.11. The zero-order valence-corrected chi connectivity index (χ0v) is 15.5. The first-order chi connectivity index (χ1) is 7.52. The van der Waals surface area contributed by atoms with Gasteiger partial charge < -0.3 is 4.55 Å². The van der Waals surface area contributed by atoms with Gasteiger partial charge in [0.15, 0.2) is 0 Å². The van der Waals surface area contributed by atoms with Gasteiger partial charge in [-0.1, -0.05) is 58.8 Å². The van der Waals surface area contributed by atoms with E-state index < -0.39 is 15.4 Å². The molecule has 1 unspecified atom stereocenters. The minimum Gasteiger partial charge on any atom is -0.748 e. The molecule has 0 amide bonds. The van der Waals surface area contributed by atoms with Gasteiger partial charge in [-0.2, -0.15) is 0 Å². The third kappa shape index (κ3) is 12.3. The van der Waals surface area contributed by atoms with E-state index >= 15 is 0 Å². The van der Waals surface area contributed by atoms with Crippen LogP contribution in [0.4, 0.5) is 0 Å². The van der Waals surface area contributed by atoms with Gasteiger partial charge in [-0.15, -0.1) is 0 Å². The molecule has 0 aromatic rings. The molecule has 3 nitrogen and oxygen atoms in total. The summed E-state index contributed by atoms with van der Waals surface area (Å²) >= 11 is 0. The molecule has 0 saturated heterocycles. The summed E-state index contributed by atoms with van der Waals surface area (Å²) in [4.78, 5) is 0. The molecule has 0 rings (SSSR count). The van der Waals surface area contributed by atoms with E-state index in [4.69, 9.17) is 0 Å². The summed E-state index contributed by atoms with van der Waals surface area (Å²) < 4.78 is 32.8. The van der Waals surface area contributed by atoms with Crippen LogP contribution in [-0.4, -0.2) is 18.2 Å². The Bertz CT molecular complexity index is 252. The van der Waals surface area contributed by atoms with Crippen LogP contribution in [-0.2, 0) is 10.1 Å². The van der Waals surface area contributed by atoms with Crippen LogP contribution in [0.2, 0.25) is 0 Å². The topological polar surface area (TPSA) is 57.2 Å². The quantitative estimate of drug-likeness (QED) is 0.333. The number of rotatable bonds is 10. The molecule has 17 heavy (non-hydrogen) atoms. The van der Waals surface area contributed by atoms with Crippen molar-refractivity contribution in [1.82, 2.24) is 0 Å². The SMILES string of the molecule is CCCCCCCCC(CCC)S(=O)(=O)[O-].[K+]. The molecule has 0 fully saturated rings. The molecular formula is C12H25KO3S. The van der Waals surface area contributed by atoms with Gasteiger partial charge in [-0.05, 0) is 12.8 Å².